The molecule has 7 nitrogen and oxygen atoms in total. The van der Waals surface area contributed by atoms with E-state index >= 15 is 0 Å². The van der Waals surface area contributed by atoms with Gasteiger partial charge in [0.1, 0.15) is 10.6 Å². The summed E-state index contributed by atoms with van der Waals surface area (Å²) in [5, 5.41) is 3.65. The first-order valence-corrected chi connectivity index (χ1v) is 9.53. The topological polar surface area (TPSA) is 101 Å². The summed E-state index contributed by atoms with van der Waals surface area (Å²) in [6.07, 6.45) is 0. The summed E-state index contributed by atoms with van der Waals surface area (Å²) in [5.74, 6) is 0.269. The number of aromatic nitrogens is 2. The fraction of sp³-hybridized carbons (Fsp3) is 0.176. The van der Waals surface area contributed by atoms with Crippen molar-refractivity contribution in [3.63, 3.8) is 0 Å². The maximum atomic E-state index is 12.4. The summed E-state index contributed by atoms with van der Waals surface area (Å²) in [5.41, 5.74) is 0.736. The van der Waals surface area contributed by atoms with Crippen LogP contribution in [0.1, 0.15) is 15.2 Å². The van der Waals surface area contributed by atoms with Crippen LogP contribution in [-0.4, -0.2) is 34.0 Å². The lowest BCUT2D eigenvalue weighted by molar-refractivity contribution is -0.118. The van der Waals surface area contributed by atoms with Gasteiger partial charge in [-0.1, -0.05) is 11.8 Å². The fourth-order valence-corrected chi connectivity index (χ4v) is 4.27. The number of carbonyl (C=O) groups excluding carboxylic acids is 2. The van der Waals surface area contributed by atoms with E-state index in [-0.39, 0.29) is 29.6 Å². The van der Waals surface area contributed by atoms with Crippen LogP contribution in [0.3, 0.4) is 0 Å². The van der Waals surface area contributed by atoms with Crippen molar-refractivity contribution in [2.75, 3.05) is 17.7 Å². The first-order valence-electron chi connectivity index (χ1n) is 7.73. The Morgan fingerprint density at radius 1 is 1.35 bits per heavy atom. The van der Waals surface area contributed by atoms with Crippen molar-refractivity contribution in [3.8, 4) is 5.75 Å². The van der Waals surface area contributed by atoms with Crippen LogP contribution in [0.4, 0.5) is 5.69 Å². The number of hydrogen-bond acceptors (Lipinski definition) is 7. The number of nitrogens with one attached hydrogen (secondary N) is 2. The molecule has 1 aromatic carbocycles. The SMILES string of the molecule is Cc1cc2c(=O)[nH]c(SCC(=O)c3ccc4c(c3)NC(=O)CO4)nc2s1. The summed E-state index contributed by atoms with van der Waals surface area (Å²) in [6.45, 7) is 1.89. The van der Waals surface area contributed by atoms with E-state index in [0.29, 0.717) is 32.4 Å². The molecular weight excluding hydrogens is 374 g/mol. The van der Waals surface area contributed by atoms with Crippen molar-refractivity contribution in [2.24, 2.45) is 0 Å². The standard InChI is InChI=1S/C17H13N3O4S2/c1-8-4-10-15(23)19-17(20-16(10)26-8)25-7-12(21)9-2-3-13-11(5-9)18-14(22)6-24-13/h2-5H,6-7H2,1H3,(H,18,22)(H,19,20,23). The van der Waals surface area contributed by atoms with Crippen LogP contribution < -0.4 is 15.6 Å². The number of aryl methyl sites for hydroxylation is 1. The van der Waals surface area contributed by atoms with Crippen molar-refractivity contribution < 1.29 is 14.3 Å². The van der Waals surface area contributed by atoms with Crippen LogP contribution >= 0.6 is 23.1 Å². The normalized spacial score (nSPS) is 13.2. The molecule has 26 heavy (non-hydrogen) atoms. The molecule has 0 fully saturated rings. The van der Waals surface area contributed by atoms with Gasteiger partial charge in [-0.25, -0.2) is 4.98 Å². The average molecular weight is 387 g/mol. The Morgan fingerprint density at radius 3 is 3.04 bits per heavy atom. The van der Waals surface area contributed by atoms with Gasteiger partial charge in [-0.3, -0.25) is 14.4 Å². The summed E-state index contributed by atoms with van der Waals surface area (Å²) in [6, 6.07) is 6.71. The predicted molar refractivity (Wildman–Crippen MR) is 101 cm³/mol. The summed E-state index contributed by atoms with van der Waals surface area (Å²) >= 11 is 2.61. The number of carbonyl (C=O) groups is 2. The largest absolute Gasteiger partial charge is 0.482 e. The van der Waals surface area contributed by atoms with Gasteiger partial charge in [0.05, 0.1) is 16.8 Å². The molecule has 0 atom stereocenters. The number of nitrogens with zero attached hydrogens (tertiary/aromatic N) is 1. The third kappa shape index (κ3) is 3.23. The average Bonchev–Trinajstić information content (AvgIpc) is 3.00. The second-order valence-corrected chi connectivity index (χ2v) is 7.91. The molecule has 4 rings (SSSR count). The van der Waals surface area contributed by atoms with E-state index in [1.165, 1.54) is 23.1 Å². The van der Waals surface area contributed by atoms with E-state index < -0.39 is 0 Å². The van der Waals surface area contributed by atoms with Gasteiger partial charge in [-0.2, -0.15) is 0 Å². The van der Waals surface area contributed by atoms with Gasteiger partial charge in [0.15, 0.2) is 17.5 Å². The van der Waals surface area contributed by atoms with Crippen molar-refractivity contribution in [2.45, 2.75) is 12.1 Å². The van der Waals surface area contributed by atoms with Gasteiger partial charge < -0.3 is 15.0 Å². The second-order valence-electron chi connectivity index (χ2n) is 5.71. The number of thiophene rings is 1. The van der Waals surface area contributed by atoms with Gasteiger partial charge in [0.25, 0.3) is 11.5 Å². The van der Waals surface area contributed by atoms with Crippen LogP contribution in [0.25, 0.3) is 10.2 Å². The van der Waals surface area contributed by atoms with E-state index in [0.717, 1.165) is 4.88 Å². The van der Waals surface area contributed by atoms with Crippen molar-refractivity contribution in [1.29, 1.82) is 0 Å². The molecule has 3 heterocycles. The number of benzene rings is 1. The van der Waals surface area contributed by atoms with Gasteiger partial charge in [-0.05, 0) is 31.2 Å². The smallest absolute Gasteiger partial charge is 0.262 e. The van der Waals surface area contributed by atoms with Crippen LogP contribution in [0.15, 0.2) is 34.2 Å². The molecule has 0 radical (unpaired) electrons. The molecule has 0 unspecified atom stereocenters. The summed E-state index contributed by atoms with van der Waals surface area (Å²) < 4.78 is 5.28. The number of amides is 1. The van der Waals surface area contributed by atoms with Crippen LogP contribution in [-0.2, 0) is 4.79 Å². The minimum absolute atomic E-state index is 0.0279. The molecule has 2 aromatic heterocycles. The number of rotatable bonds is 4. The molecule has 0 spiro atoms. The van der Waals surface area contributed by atoms with E-state index in [1.54, 1.807) is 24.3 Å². The Bertz CT molecular complexity index is 1100. The first-order chi connectivity index (χ1) is 12.5. The number of fused-ring (bicyclic) bond motifs is 2. The third-order valence-corrected chi connectivity index (χ3v) is 5.60. The number of anilines is 1. The quantitative estimate of drug-likeness (QED) is 0.405. The van der Waals surface area contributed by atoms with E-state index in [4.69, 9.17) is 4.74 Å². The molecule has 1 aliphatic rings. The number of aromatic amines is 1. The number of hydrogen-bond donors (Lipinski definition) is 2. The molecule has 1 amide bonds. The Balaban J connectivity index is 1.51. The monoisotopic (exact) mass is 387 g/mol. The lowest BCUT2D eigenvalue weighted by atomic mass is 10.1. The highest BCUT2D eigenvalue weighted by Crippen LogP contribution is 2.29. The molecule has 0 aliphatic carbocycles. The highest BCUT2D eigenvalue weighted by molar-refractivity contribution is 7.99. The van der Waals surface area contributed by atoms with E-state index in [9.17, 15) is 14.4 Å². The molecule has 9 heteroatoms. The number of ketones is 1. The minimum Gasteiger partial charge on any atom is -0.482 e. The zero-order valence-corrected chi connectivity index (χ0v) is 15.3. The number of ether oxygens (including phenoxy) is 1. The lowest BCUT2D eigenvalue weighted by Gasteiger charge is -2.18. The Kier molecular flexibility index (Phi) is 4.25. The number of thioether (sulfide) groups is 1. The van der Waals surface area contributed by atoms with Crippen molar-refractivity contribution >= 4 is 50.7 Å². The Hall–Kier alpha value is -2.65. The molecule has 2 N–H and O–H groups in total. The minimum atomic E-state index is -0.252. The highest BCUT2D eigenvalue weighted by atomic mass is 32.2. The number of Topliss-reactive ketones (excluding diaryl/α,β-unsaturated/α-hetero) is 1. The van der Waals surface area contributed by atoms with Gasteiger partial charge in [0, 0.05) is 10.4 Å². The molecule has 0 saturated carbocycles. The molecule has 1 aliphatic heterocycles. The predicted octanol–water partition coefficient (Wildman–Crippen LogP) is 2.60. The Labute approximate surface area is 155 Å². The maximum Gasteiger partial charge on any atom is 0.262 e. The zero-order chi connectivity index (χ0) is 18.3. The first kappa shape index (κ1) is 16.8. The fourth-order valence-electron chi connectivity index (χ4n) is 2.57. The molecular formula is C17H13N3O4S2. The maximum absolute atomic E-state index is 12.4. The van der Waals surface area contributed by atoms with Gasteiger partial charge in [0.2, 0.25) is 0 Å². The van der Waals surface area contributed by atoms with Crippen LogP contribution in [0.2, 0.25) is 0 Å². The summed E-state index contributed by atoms with van der Waals surface area (Å²) in [4.78, 5) is 44.7. The Morgan fingerprint density at radius 2 is 2.19 bits per heavy atom. The van der Waals surface area contributed by atoms with Crippen LogP contribution in [0.5, 0.6) is 5.75 Å². The zero-order valence-electron chi connectivity index (χ0n) is 13.6. The molecule has 0 saturated heterocycles. The van der Waals surface area contributed by atoms with E-state index in [1.807, 2.05) is 6.92 Å². The van der Waals surface area contributed by atoms with Gasteiger partial charge >= 0.3 is 0 Å². The van der Waals surface area contributed by atoms with E-state index in [2.05, 4.69) is 15.3 Å². The number of H-pyrrole nitrogens is 1. The third-order valence-electron chi connectivity index (χ3n) is 3.78. The molecule has 132 valence electrons. The lowest BCUT2D eigenvalue weighted by Crippen LogP contribution is -2.25. The second kappa shape index (κ2) is 6.58. The van der Waals surface area contributed by atoms with Crippen molar-refractivity contribution in [1.82, 2.24) is 9.97 Å². The molecule has 3 aromatic rings. The van der Waals surface area contributed by atoms with Gasteiger partial charge in [-0.15, -0.1) is 11.3 Å². The highest BCUT2D eigenvalue weighted by Gasteiger charge is 2.18. The van der Waals surface area contributed by atoms with Crippen molar-refractivity contribution in [3.05, 3.63) is 45.1 Å². The summed E-state index contributed by atoms with van der Waals surface area (Å²) in [7, 11) is 0. The molecule has 0 bridgehead atoms. The van der Waals surface area contributed by atoms with Crippen LogP contribution in [0, 0.1) is 6.92 Å².